The number of ketones is 1. The van der Waals surface area contributed by atoms with Gasteiger partial charge in [-0.15, -0.1) is 0 Å². The number of Topliss-reactive ketones (excluding diaryl/α,β-unsaturated/α-hetero) is 1. The molecular weight excluding hydrogens is 166 g/mol. The van der Waals surface area contributed by atoms with Gasteiger partial charge in [0.15, 0.2) is 5.78 Å². The third kappa shape index (κ3) is 1.80. The molecule has 0 spiro atoms. The zero-order valence-corrected chi connectivity index (χ0v) is 6.98. The van der Waals surface area contributed by atoms with Gasteiger partial charge in [-0.05, 0) is 12.8 Å². The van der Waals surface area contributed by atoms with Gasteiger partial charge in [-0.1, -0.05) is 0 Å². The van der Waals surface area contributed by atoms with Crippen LogP contribution in [0.2, 0.25) is 0 Å². The van der Waals surface area contributed by atoms with E-state index in [1.807, 2.05) is 0 Å². The smallest absolute Gasteiger partial charge is 0.309 e. The zero-order valence-electron chi connectivity index (χ0n) is 6.98. The monoisotopic (exact) mass is 178 g/mol. The molecule has 0 amide bonds. The highest BCUT2D eigenvalue weighted by atomic mass is 19.3. The molecule has 1 heterocycles. The summed E-state index contributed by atoms with van der Waals surface area (Å²) in [6.45, 7) is 1.46. The van der Waals surface area contributed by atoms with Crippen LogP contribution in [0.4, 0.5) is 8.78 Å². The van der Waals surface area contributed by atoms with E-state index in [-0.39, 0.29) is 6.61 Å². The largest absolute Gasteiger partial charge is 0.381 e. The third-order valence-corrected chi connectivity index (χ3v) is 2.14. The SMILES string of the molecule is CC(=O)C(F)(F)C1CCCOC1. The molecule has 2 nitrogen and oxygen atoms in total. The number of carbonyl (C=O) groups is 1. The average molecular weight is 178 g/mol. The molecule has 1 atom stereocenters. The van der Waals surface area contributed by atoms with Gasteiger partial charge in [0.2, 0.25) is 0 Å². The molecule has 0 saturated carbocycles. The van der Waals surface area contributed by atoms with Crippen LogP contribution >= 0.6 is 0 Å². The third-order valence-electron chi connectivity index (χ3n) is 2.14. The Balaban J connectivity index is 2.59. The fourth-order valence-electron chi connectivity index (χ4n) is 1.31. The molecule has 0 radical (unpaired) electrons. The van der Waals surface area contributed by atoms with Gasteiger partial charge in [-0.2, -0.15) is 8.78 Å². The van der Waals surface area contributed by atoms with Crippen molar-refractivity contribution < 1.29 is 18.3 Å². The average Bonchev–Trinajstić information content (AvgIpc) is 2.06. The first-order valence-electron chi connectivity index (χ1n) is 4.01. The van der Waals surface area contributed by atoms with Gasteiger partial charge in [-0.25, -0.2) is 0 Å². The summed E-state index contributed by atoms with van der Waals surface area (Å²) in [7, 11) is 0. The number of hydrogen-bond acceptors (Lipinski definition) is 2. The van der Waals surface area contributed by atoms with Crippen molar-refractivity contribution in [3.05, 3.63) is 0 Å². The van der Waals surface area contributed by atoms with Crippen LogP contribution in [0, 0.1) is 5.92 Å². The lowest BCUT2D eigenvalue weighted by Gasteiger charge is -2.27. The van der Waals surface area contributed by atoms with Crippen LogP contribution in [0.3, 0.4) is 0 Å². The Kier molecular flexibility index (Phi) is 2.77. The van der Waals surface area contributed by atoms with Gasteiger partial charge in [0, 0.05) is 13.5 Å². The summed E-state index contributed by atoms with van der Waals surface area (Å²) in [5.74, 6) is -5.16. The molecule has 0 aliphatic carbocycles. The van der Waals surface area contributed by atoms with E-state index in [1.165, 1.54) is 0 Å². The highest BCUT2D eigenvalue weighted by molar-refractivity contribution is 5.83. The minimum absolute atomic E-state index is 0.00653. The van der Waals surface area contributed by atoms with Crippen LogP contribution in [-0.2, 0) is 9.53 Å². The number of alkyl halides is 2. The number of halogens is 2. The predicted molar refractivity (Wildman–Crippen MR) is 39.2 cm³/mol. The molecule has 0 aromatic rings. The Labute approximate surface area is 69.9 Å². The first-order chi connectivity index (χ1) is 5.55. The molecule has 1 rings (SSSR count). The summed E-state index contributed by atoms with van der Waals surface area (Å²) in [4.78, 5) is 10.6. The van der Waals surface area contributed by atoms with Crippen molar-refractivity contribution in [3.8, 4) is 0 Å². The lowest BCUT2D eigenvalue weighted by molar-refractivity contribution is -0.157. The number of rotatable bonds is 2. The van der Waals surface area contributed by atoms with Crippen molar-refractivity contribution in [2.24, 2.45) is 5.92 Å². The molecule has 1 aliphatic heterocycles. The topological polar surface area (TPSA) is 26.3 Å². The standard InChI is InChI=1S/C8H12F2O2/c1-6(11)8(9,10)7-3-2-4-12-5-7/h7H,2-5H2,1H3. The summed E-state index contributed by atoms with van der Waals surface area (Å²) in [6, 6.07) is 0. The van der Waals surface area contributed by atoms with E-state index >= 15 is 0 Å². The van der Waals surface area contributed by atoms with Crippen molar-refractivity contribution >= 4 is 5.78 Å². The number of ether oxygens (including phenoxy) is 1. The van der Waals surface area contributed by atoms with Crippen molar-refractivity contribution in [1.29, 1.82) is 0 Å². The Hall–Kier alpha value is -0.510. The second kappa shape index (κ2) is 3.47. The Morgan fingerprint density at radius 2 is 2.25 bits per heavy atom. The van der Waals surface area contributed by atoms with Crippen LogP contribution in [-0.4, -0.2) is 24.9 Å². The van der Waals surface area contributed by atoms with Crippen LogP contribution in [0.1, 0.15) is 19.8 Å². The summed E-state index contributed by atoms with van der Waals surface area (Å²) in [5, 5.41) is 0. The van der Waals surface area contributed by atoms with E-state index in [2.05, 4.69) is 0 Å². The fraction of sp³-hybridized carbons (Fsp3) is 0.875. The first kappa shape index (κ1) is 9.58. The van der Waals surface area contributed by atoms with Crippen LogP contribution < -0.4 is 0 Å². The fourth-order valence-corrected chi connectivity index (χ4v) is 1.31. The van der Waals surface area contributed by atoms with Crippen molar-refractivity contribution in [2.75, 3.05) is 13.2 Å². The van der Waals surface area contributed by atoms with Crippen molar-refractivity contribution in [2.45, 2.75) is 25.7 Å². The van der Waals surface area contributed by atoms with E-state index in [4.69, 9.17) is 4.74 Å². The molecule has 1 fully saturated rings. The molecule has 0 aromatic heterocycles. The van der Waals surface area contributed by atoms with Crippen LogP contribution in [0.5, 0.6) is 0 Å². The molecule has 0 aromatic carbocycles. The summed E-state index contributed by atoms with van der Waals surface area (Å²) in [5.41, 5.74) is 0. The summed E-state index contributed by atoms with van der Waals surface area (Å²) < 4.78 is 30.9. The van der Waals surface area contributed by atoms with Gasteiger partial charge in [-0.3, -0.25) is 4.79 Å². The summed E-state index contributed by atoms with van der Waals surface area (Å²) in [6.07, 6.45) is 1.00. The van der Waals surface area contributed by atoms with Gasteiger partial charge in [0.1, 0.15) is 0 Å². The Morgan fingerprint density at radius 3 is 2.67 bits per heavy atom. The van der Waals surface area contributed by atoms with E-state index in [9.17, 15) is 13.6 Å². The van der Waals surface area contributed by atoms with Crippen LogP contribution in [0.15, 0.2) is 0 Å². The second-order valence-electron chi connectivity index (χ2n) is 3.09. The lowest BCUT2D eigenvalue weighted by Crippen LogP contribution is -2.40. The molecule has 0 N–H and O–H groups in total. The number of carbonyl (C=O) groups excluding carboxylic acids is 1. The maximum Gasteiger partial charge on any atom is 0.309 e. The van der Waals surface area contributed by atoms with Gasteiger partial charge in [0.25, 0.3) is 0 Å². The zero-order chi connectivity index (χ0) is 9.19. The normalized spacial score (nSPS) is 25.4. The van der Waals surface area contributed by atoms with Gasteiger partial charge in [0.05, 0.1) is 12.5 Å². The summed E-state index contributed by atoms with van der Waals surface area (Å²) >= 11 is 0. The highest BCUT2D eigenvalue weighted by Crippen LogP contribution is 2.31. The second-order valence-corrected chi connectivity index (χ2v) is 3.09. The highest BCUT2D eigenvalue weighted by Gasteiger charge is 2.44. The van der Waals surface area contributed by atoms with E-state index in [0.29, 0.717) is 19.4 Å². The Morgan fingerprint density at radius 1 is 1.58 bits per heavy atom. The first-order valence-corrected chi connectivity index (χ1v) is 4.01. The number of hydrogen-bond donors (Lipinski definition) is 0. The van der Waals surface area contributed by atoms with E-state index < -0.39 is 17.6 Å². The van der Waals surface area contributed by atoms with Gasteiger partial charge >= 0.3 is 5.92 Å². The minimum Gasteiger partial charge on any atom is -0.381 e. The molecule has 0 bridgehead atoms. The quantitative estimate of drug-likeness (QED) is 0.642. The van der Waals surface area contributed by atoms with Crippen molar-refractivity contribution in [1.82, 2.24) is 0 Å². The van der Waals surface area contributed by atoms with Gasteiger partial charge < -0.3 is 4.74 Å². The maximum atomic E-state index is 13.0. The molecule has 12 heavy (non-hydrogen) atoms. The maximum absolute atomic E-state index is 13.0. The van der Waals surface area contributed by atoms with E-state index in [1.54, 1.807) is 0 Å². The van der Waals surface area contributed by atoms with Crippen molar-refractivity contribution in [3.63, 3.8) is 0 Å². The predicted octanol–water partition coefficient (Wildman–Crippen LogP) is 1.64. The molecular formula is C8H12F2O2. The Bertz CT molecular complexity index is 174. The lowest BCUT2D eigenvalue weighted by atomic mass is 9.93. The molecule has 1 unspecified atom stereocenters. The van der Waals surface area contributed by atoms with Crippen LogP contribution in [0.25, 0.3) is 0 Å². The van der Waals surface area contributed by atoms with E-state index in [0.717, 1.165) is 6.92 Å². The molecule has 70 valence electrons. The minimum atomic E-state index is -3.19. The molecule has 1 aliphatic rings. The molecule has 4 heteroatoms. The molecule has 1 saturated heterocycles.